The lowest BCUT2D eigenvalue weighted by atomic mass is 10.0. The minimum Gasteiger partial charge on any atom is -0.350 e. The summed E-state index contributed by atoms with van der Waals surface area (Å²) in [6, 6.07) is 9.42. The quantitative estimate of drug-likeness (QED) is 0.862. The molecule has 0 spiro atoms. The first kappa shape index (κ1) is 14.5. The lowest BCUT2D eigenvalue weighted by Gasteiger charge is -2.15. The monoisotopic (exact) mass is 271 g/mol. The van der Waals surface area contributed by atoms with Crippen molar-refractivity contribution in [1.82, 2.24) is 10.6 Å². The van der Waals surface area contributed by atoms with Gasteiger partial charge in [-0.2, -0.15) is 5.26 Å². The van der Waals surface area contributed by atoms with Crippen molar-refractivity contribution in [1.29, 1.82) is 5.26 Å². The van der Waals surface area contributed by atoms with E-state index < -0.39 is 0 Å². The van der Waals surface area contributed by atoms with E-state index in [2.05, 4.69) is 16.7 Å². The molecule has 1 aliphatic rings. The van der Waals surface area contributed by atoms with Crippen molar-refractivity contribution in [2.45, 2.75) is 32.2 Å². The summed E-state index contributed by atoms with van der Waals surface area (Å²) in [7, 11) is 0. The second-order valence-corrected chi connectivity index (χ2v) is 5.42. The molecule has 1 fully saturated rings. The summed E-state index contributed by atoms with van der Waals surface area (Å²) in [6.07, 6.45) is 2.73. The van der Waals surface area contributed by atoms with Gasteiger partial charge >= 0.3 is 0 Å². The molecular formula is C16H21N3O. The van der Waals surface area contributed by atoms with Crippen molar-refractivity contribution >= 4 is 5.91 Å². The highest BCUT2D eigenvalue weighted by atomic mass is 16.1. The molecule has 106 valence electrons. The molecule has 0 aromatic heterocycles. The second kappa shape index (κ2) is 7.06. The summed E-state index contributed by atoms with van der Waals surface area (Å²) < 4.78 is 0. The molecule has 0 radical (unpaired) electrons. The Morgan fingerprint density at radius 2 is 2.25 bits per heavy atom. The van der Waals surface area contributed by atoms with Gasteiger partial charge in [-0.05, 0) is 56.5 Å². The van der Waals surface area contributed by atoms with Crippen LogP contribution in [-0.2, 0) is 4.79 Å². The molecule has 2 N–H and O–H groups in total. The molecule has 1 aromatic carbocycles. The van der Waals surface area contributed by atoms with Gasteiger partial charge in [-0.25, -0.2) is 0 Å². The third-order valence-corrected chi connectivity index (χ3v) is 3.86. The van der Waals surface area contributed by atoms with Crippen LogP contribution in [0.5, 0.6) is 0 Å². The Bertz CT molecular complexity index is 483. The Kier molecular flexibility index (Phi) is 5.14. The van der Waals surface area contributed by atoms with E-state index >= 15 is 0 Å². The van der Waals surface area contributed by atoms with Gasteiger partial charge in [-0.15, -0.1) is 0 Å². The van der Waals surface area contributed by atoms with Crippen LogP contribution in [-0.4, -0.2) is 19.0 Å². The van der Waals surface area contributed by atoms with Gasteiger partial charge in [0.2, 0.25) is 5.91 Å². The van der Waals surface area contributed by atoms with Gasteiger partial charge in [0.1, 0.15) is 0 Å². The average molecular weight is 271 g/mol. The third kappa shape index (κ3) is 4.07. The summed E-state index contributed by atoms with van der Waals surface area (Å²) in [5.41, 5.74) is 1.67. The molecule has 1 aromatic rings. The molecule has 1 amide bonds. The van der Waals surface area contributed by atoms with E-state index in [1.165, 1.54) is 6.42 Å². The number of rotatable bonds is 5. The van der Waals surface area contributed by atoms with E-state index in [1.54, 1.807) is 12.1 Å². The minimum absolute atomic E-state index is 0.0167. The maximum Gasteiger partial charge on any atom is 0.220 e. The molecule has 20 heavy (non-hydrogen) atoms. The van der Waals surface area contributed by atoms with Crippen LogP contribution in [0.15, 0.2) is 24.3 Å². The molecule has 1 heterocycles. The second-order valence-electron chi connectivity index (χ2n) is 5.42. The van der Waals surface area contributed by atoms with E-state index in [-0.39, 0.29) is 11.9 Å². The number of carbonyl (C=O) groups excluding carboxylic acids is 1. The first-order chi connectivity index (χ1) is 9.69. The standard InChI is InChI=1S/C16H21N3O/c1-12(15-5-2-13(10-17)3-6-15)19-16(20)7-4-14-8-9-18-11-14/h2-3,5-6,12,14,18H,4,7-9,11H2,1H3,(H,19,20). The summed E-state index contributed by atoms with van der Waals surface area (Å²) in [5, 5.41) is 15.1. The zero-order chi connectivity index (χ0) is 14.4. The fourth-order valence-corrected chi connectivity index (χ4v) is 2.54. The predicted molar refractivity (Wildman–Crippen MR) is 77.9 cm³/mol. The largest absolute Gasteiger partial charge is 0.350 e. The molecule has 2 rings (SSSR count). The fraction of sp³-hybridized carbons (Fsp3) is 0.500. The molecule has 1 aliphatic heterocycles. The van der Waals surface area contributed by atoms with Crippen molar-refractivity contribution in [3.05, 3.63) is 35.4 Å². The number of nitriles is 1. The summed E-state index contributed by atoms with van der Waals surface area (Å²) in [4.78, 5) is 11.9. The van der Waals surface area contributed by atoms with E-state index in [0.717, 1.165) is 25.1 Å². The van der Waals surface area contributed by atoms with Gasteiger partial charge in [-0.1, -0.05) is 12.1 Å². The van der Waals surface area contributed by atoms with Crippen molar-refractivity contribution in [3.63, 3.8) is 0 Å². The smallest absolute Gasteiger partial charge is 0.220 e. The van der Waals surface area contributed by atoms with Crippen LogP contribution < -0.4 is 10.6 Å². The van der Waals surface area contributed by atoms with Gasteiger partial charge in [0, 0.05) is 6.42 Å². The van der Waals surface area contributed by atoms with Gasteiger partial charge in [0.05, 0.1) is 17.7 Å². The third-order valence-electron chi connectivity index (χ3n) is 3.86. The Labute approximate surface area is 120 Å². The topological polar surface area (TPSA) is 64.9 Å². The van der Waals surface area contributed by atoms with Crippen LogP contribution in [0.4, 0.5) is 0 Å². The zero-order valence-electron chi connectivity index (χ0n) is 11.9. The summed E-state index contributed by atoms with van der Waals surface area (Å²) >= 11 is 0. The number of carbonyl (C=O) groups is 1. The highest BCUT2D eigenvalue weighted by molar-refractivity contribution is 5.76. The van der Waals surface area contributed by atoms with Crippen LogP contribution in [0, 0.1) is 17.2 Å². The number of hydrogen-bond acceptors (Lipinski definition) is 3. The van der Waals surface area contributed by atoms with Gasteiger partial charge in [0.25, 0.3) is 0 Å². The average Bonchev–Trinajstić information content (AvgIpc) is 2.98. The maximum atomic E-state index is 11.9. The number of benzene rings is 1. The molecule has 4 nitrogen and oxygen atoms in total. The normalized spacial score (nSPS) is 19.3. The van der Waals surface area contributed by atoms with Crippen LogP contribution in [0.3, 0.4) is 0 Å². The van der Waals surface area contributed by atoms with Crippen LogP contribution in [0.25, 0.3) is 0 Å². The van der Waals surface area contributed by atoms with Crippen molar-refractivity contribution < 1.29 is 4.79 Å². The minimum atomic E-state index is -0.0167. The van der Waals surface area contributed by atoms with Crippen molar-refractivity contribution in [2.24, 2.45) is 5.92 Å². The Morgan fingerprint density at radius 3 is 2.85 bits per heavy atom. The van der Waals surface area contributed by atoms with E-state index in [1.807, 2.05) is 19.1 Å². The maximum absolute atomic E-state index is 11.9. The molecule has 2 atom stereocenters. The van der Waals surface area contributed by atoms with Crippen molar-refractivity contribution in [2.75, 3.05) is 13.1 Å². The molecular weight excluding hydrogens is 250 g/mol. The summed E-state index contributed by atoms with van der Waals surface area (Å²) in [5.74, 6) is 0.750. The molecule has 4 heteroatoms. The first-order valence-electron chi connectivity index (χ1n) is 7.19. The SMILES string of the molecule is CC(NC(=O)CCC1CCNC1)c1ccc(C#N)cc1. The fourth-order valence-electron chi connectivity index (χ4n) is 2.54. The molecule has 0 aliphatic carbocycles. The zero-order valence-corrected chi connectivity index (χ0v) is 11.9. The predicted octanol–water partition coefficient (Wildman–Crippen LogP) is 2.13. The Balaban J connectivity index is 1.78. The number of nitrogens with one attached hydrogen (secondary N) is 2. The van der Waals surface area contributed by atoms with Crippen molar-refractivity contribution in [3.8, 4) is 6.07 Å². The van der Waals surface area contributed by atoms with Crippen LogP contribution in [0.1, 0.15) is 43.4 Å². The van der Waals surface area contributed by atoms with Crippen LogP contribution in [0.2, 0.25) is 0 Å². The van der Waals surface area contributed by atoms with Gasteiger partial charge in [-0.3, -0.25) is 4.79 Å². The molecule has 1 saturated heterocycles. The Morgan fingerprint density at radius 1 is 1.50 bits per heavy atom. The Hall–Kier alpha value is -1.86. The van der Waals surface area contributed by atoms with E-state index in [4.69, 9.17) is 5.26 Å². The van der Waals surface area contributed by atoms with Gasteiger partial charge < -0.3 is 10.6 Å². The highest BCUT2D eigenvalue weighted by Gasteiger charge is 2.16. The molecule has 2 unspecified atom stereocenters. The number of amides is 1. The van der Waals surface area contributed by atoms with E-state index in [0.29, 0.717) is 17.9 Å². The van der Waals surface area contributed by atoms with Gasteiger partial charge in [0.15, 0.2) is 0 Å². The summed E-state index contributed by atoms with van der Waals surface area (Å²) in [6.45, 7) is 4.09. The number of nitrogens with zero attached hydrogens (tertiary/aromatic N) is 1. The lowest BCUT2D eigenvalue weighted by Crippen LogP contribution is -2.27. The first-order valence-corrected chi connectivity index (χ1v) is 7.19. The van der Waals surface area contributed by atoms with E-state index in [9.17, 15) is 4.79 Å². The molecule has 0 bridgehead atoms. The highest BCUT2D eigenvalue weighted by Crippen LogP contribution is 2.16. The number of hydrogen-bond donors (Lipinski definition) is 2. The molecule has 0 saturated carbocycles. The lowest BCUT2D eigenvalue weighted by molar-refractivity contribution is -0.122. The van der Waals surface area contributed by atoms with Crippen LogP contribution >= 0.6 is 0 Å².